The zero-order valence-corrected chi connectivity index (χ0v) is 12.2. The molecule has 1 aromatic heterocycles. The highest BCUT2D eigenvalue weighted by Gasteiger charge is 2.25. The second kappa shape index (κ2) is 6.85. The predicted octanol–water partition coefficient (Wildman–Crippen LogP) is 3.59. The van der Waals surface area contributed by atoms with E-state index >= 15 is 0 Å². The third-order valence-electron chi connectivity index (χ3n) is 2.65. The number of ether oxygens (including phenoxy) is 2. The highest BCUT2D eigenvalue weighted by atomic mass is 32.1. The lowest BCUT2D eigenvalue weighted by atomic mass is 10.1. The number of thiophene rings is 1. The smallest absolute Gasteiger partial charge is 0.349 e. The van der Waals surface area contributed by atoms with Crippen molar-refractivity contribution in [1.29, 1.82) is 0 Å². The molecule has 2 rings (SSSR count). The van der Waals surface area contributed by atoms with Crippen LogP contribution in [0.5, 0.6) is 0 Å². The van der Waals surface area contributed by atoms with Gasteiger partial charge in [0.05, 0.1) is 5.56 Å². The summed E-state index contributed by atoms with van der Waals surface area (Å²) in [5.41, 5.74) is 0.242. The predicted molar refractivity (Wildman–Crippen MR) is 82.8 cm³/mol. The Labute approximate surface area is 126 Å². The van der Waals surface area contributed by atoms with Gasteiger partial charge in [-0.25, -0.2) is 9.59 Å². The average molecular weight is 302 g/mol. The number of benzene rings is 1. The van der Waals surface area contributed by atoms with Gasteiger partial charge in [0.2, 0.25) is 0 Å². The van der Waals surface area contributed by atoms with Crippen molar-refractivity contribution in [3.63, 3.8) is 0 Å². The molecule has 0 atom stereocenters. The molecule has 0 unspecified atom stereocenters. The van der Waals surface area contributed by atoms with Crippen LogP contribution in [0.3, 0.4) is 0 Å². The molecule has 108 valence electrons. The molecule has 0 amide bonds. The first-order valence-electron chi connectivity index (χ1n) is 6.26. The number of rotatable bonds is 6. The van der Waals surface area contributed by atoms with Gasteiger partial charge < -0.3 is 9.47 Å². The molecule has 1 aromatic carbocycles. The lowest BCUT2D eigenvalue weighted by Gasteiger charge is -2.04. The van der Waals surface area contributed by atoms with Crippen LogP contribution in [0.25, 0.3) is 10.1 Å². The summed E-state index contributed by atoms with van der Waals surface area (Å²) in [7, 11) is 0. The van der Waals surface area contributed by atoms with Crippen LogP contribution in [-0.2, 0) is 9.47 Å². The highest BCUT2D eigenvalue weighted by molar-refractivity contribution is 7.21. The molecule has 0 radical (unpaired) electrons. The normalized spacial score (nSPS) is 10.1. The van der Waals surface area contributed by atoms with Crippen molar-refractivity contribution in [2.45, 2.75) is 0 Å². The van der Waals surface area contributed by atoms with Crippen molar-refractivity contribution in [1.82, 2.24) is 0 Å². The number of carbonyl (C=O) groups is 2. The molecule has 0 aliphatic rings. The van der Waals surface area contributed by atoms with Crippen LogP contribution in [0.4, 0.5) is 0 Å². The van der Waals surface area contributed by atoms with Gasteiger partial charge in [0.25, 0.3) is 0 Å². The summed E-state index contributed by atoms with van der Waals surface area (Å²) in [4.78, 5) is 24.5. The summed E-state index contributed by atoms with van der Waals surface area (Å²) in [6.45, 7) is 7.17. The molecule has 0 bridgehead atoms. The minimum Gasteiger partial charge on any atom is -0.458 e. The van der Waals surface area contributed by atoms with E-state index in [9.17, 15) is 9.59 Å². The maximum absolute atomic E-state index is 12.2. The third kappa shape index (κ3) is 3.20. The van der Waals surface area contributed by atoms with Gasteiger partial charge in [-0.2, -0.15) is 0 Å². The van der Waals surface area contributed by atoms with E-state index in [1.165, 1.54) is 23.5 Å². The lowest BCUT2D eigenvalue weighted by molar-refractivity contribution is 0.0509. The van der Waals surface area contributed by atoms with Crippen LogP contribution in [0.2, 0.25) is 0 Å². The fraction of sp³-hybridized carbons (Fsp3) is 0.125. The second-order valence-electron chi connectivity index (χ2n) is 4.08. The molecule has 21 heavy (non-hydrogen) atoms. The van der Waals surface area contributed by atoms with Crippen LogP contribution in [-0.4, -0.2) is 25.2 Å². The molecule has 0 N–H and O–H groups in total. The summed E-state index contributed by atoms with van der Waals surface area (Å²) >= 11 is 1.21. The van der Waals surface area contributed by atoms with E-state index in [0.717, 1.165) is 4.70 Å². The fourth-order valence-corrected chi connectivity index (χ4v) is 2.88. The maximum atomic E-state index is 12.2. The molecule has 5 heteroatoms. The van der Waals surface area contributed by atoms with Crippen molar-refractivity contribution in [2.24, 2.45) is 0 Å². The van der Waals surface area contributed by atoms with Gasteiger partial charge >= 0.3 is 11.9 Å². The Morgan fingerprint density at radius 3 is 2.33 bits per heavy atom. The molecule has 1 heterocycles. The van der Waals surface area contributed by atoms with Gasteiger partial charge in [-0.3, -0.25) is 0 Å². The van der Waals surface area contributed by atoms with Crippen LogP contribution in [0, 0.1) is 0 Å². The quantitative estimate of drug-likeness (QED) is 0.604. The van der Waals surface area contributed by atoms with Crippen molar-refractivity contribution in [3.05, 3.63) is 60.0 Å². The molecule has 0 aliphatic heterocycles. The van der Waals surface area contributed by atoms with Crippen LogP contribution >= 0.6 is 11.3 Å². The van der Waals surface area contributed by atoms with Gasteiger partial charge in [0.15, 0.2) is 0 Å². The first-order valence-corrected chi connectivity index (χ1v) is 7.08. The van der Waals surface area contributed by atoms with Gasteiger partial charge in [-0.05, 0) is 6.07 Å². The minimum absolute atomic E-state index is 0.0875. The topological polar surface area (TPSA) is 52.6 Å². The summed E-state index contributed by atoms with van der Waals surface area (Å²) < 4.78 is 10.9. The van der Waals surface area contributed by atoms with Crippen molar-refractivity contribution >= 4 is 33.4 Å². The molecular weight excluding hydrogens is 288 g/mol. The van der Waals surface area contributed by atoms with Gasteiger partial charge in [0.1, 0.15) is 18.1 Å². The maximum Gasteiger partial charge on any atom is 0.349 e. The van der Waals surface area contributed by atoms with Crippen LogP contribution < -0.4 is 0 Å². The Morgan fingerprint density at radius 2 is 1.67 bits per heavy atom. The molecular formula is C16H14O4S. The zero-order chi connectivity index (χ0) is 15.2. The largest absolute Gasteiger partial charge is 0.458 e. The Hall–Kier alpha value is -2.40. The second-order valence-corrected chi connectivity index (χ2v) is 5.13. The molecule has 0 aliphatic carbocycles. The monoisotopic (exact) mass is 302 g/mol. The van der Waals surface area contributed by atoms with Crippen LogP contribution in [0.1, 0.15) is 20.0 Å². The Morgan fingerprint density at radius 1 is 1.05 bits per heavy atom. The van der Waals surface area contributed by atoms with E-state index in [1.807, 2.05) is 12.1 Å². The van der Waals surface area contributed by atoms with Crippen LogP contribution in [0.15, 0.2) is 49.6 Å². The molecule has 0 saturated heterocycles. The van der Waals surface area contributed by atoms with E-state index in [0.29, 0.717) is 5.39 Å². The molecule has 2 aromatic rings. The van der Waals surface area contributed by atoms with Gasteiger partial charge in [0, 0.05) is 10.1 Å². The number of hydrogen-bond donors (Lipinski definition) is 0. The van der Waals surface area contributed by atoms with E-state index < -0.39 is 11.9 Å². The Balaban J connectivity index is 2.47. The van der Waals surface area contributed by atoms with E-state index in [4.69, 9.17) is 9.47 Å². The van der Waals surface area contributed by atoms with E-state index in [-0.39, 0.29) is 23.7 Å². The first-order chi connectivity index (χ1) is 10.2. The minimum atomic E-state index is -0.557. The number of carbonyl (C=O) groups excluding carboxylic acids is 2. The van der Waals surface area contributed by atoms with Gasteiger partial charge in [-0.15, -0.1) is 11.3 Å². The first kappa shape index (κ1) is 15.0. The summed E-state index contributed by atoms with van der Waals surface area (Å²) in [5.74, 6) is -1.11. The zero-order valence-electron chi connectivity index (χ0n) is 11.3. The van der Waals surface area contributed by atoms with Crippen molar-refractivity contribution < 1.29 is 19.1 Å². The van der Waals surface area contributed by atoms with E-state index in [2.05, 4.69) is 13.2 Å². The fourth-order valence-electron chi connectivity index (χ4n) is 1.80. The molecule has 4 nitrogen and oxygen atoms in total. The summed E-state index contributed by atoms with van der Waals surface area (Å²) in [6.07, 6.45) is 2.95. The summed E-state index contributed by atoms with van der Waals surface area (Å²) in [5, 5.41) is 0.683. The number of esters is 2. The average Bonchev–Trinajstić information content (AvgIpc) is 2.89. The van der Waals surface area contributed by atoms with Crippen molar-refractivity contribution in [3.8, 4) is 0 Å². The number of fused-ring (bicyclic) bond motifs is 1. The number of hydrogen-bond acceptors (Lipinski definition) is 5. The van der Waals surface area contributed by atoms with Gasteiger partial charge in [-0.1, -0.05) is 43.5 Å². The molecule has 0 spiro atoms. The van der Waals surface area contributed by atoms with Crippen molar-refractivity contribution in [2.75, 3.05) is 13.2 Å². The lowest BCUT2D eigenvalue weighted by Crippen LogP contribution is -2.12. The molecule has 0 fully saturated rings. The van der Waals surface area contributed by atoms with E-state index in [1.54, 1.807) is 12.1 Å². The third-order valence-corrected chi connectivity index (χ3v) is 3.80. The Bertz CT molecular complexity index is 699. The highest BCUT2D eigenvalue weighted by Crippen LogP contribution is 2.32. The standard InChI is InChI=1S/C16H14O4S/c1-3-9-19-15(17)13-11-7-5-6-8-12(11)21-14(13)16(18)20-10-4-2/h3-8H,1-2,9-10H2. The Kier molecular flexibility index (Phi) is 4.90. The summed E-state index contributed by atoms with van der Waals surface area (Å²) in [6, 6.07) is 7.27. The molecule has 0 saturated carbocycles. The SMILES string of the molecule is C=CCOC(=O)c1sc2ccccc2c1C(=O)OCC=C.